The first kappa shape index (κ1) is 23.7. The van der Waals surface area contributed by atoms with Crippen molar-refractivity contribution in [1.29, 1.82) is 0 Å². The fourth-order valence-corrected chi connectivity index (χ4v) is 2.77. The molecule has 0 saturated carbocycles. The molecule has 3 aromatic rings. The second kappa shape index (κ2) is 9.27. The quantitative estimate of drug-likeness (QED) is 0.405. The second-order valence-electron chi connectivity index (χ2n) is 6.50. The van der Waals surface area contributed by atoms with Crippen LogP contribution >= 0.6 is 0 Å². The number of benzene rings is 2. The van der Waals surface area contributed by atoms with Gasteiger partial charge in [0.05, 0.1) is 12.2 Å². The van der Waals surface area contributed by atoms with Gasteiger partial charge in [-0.3, -0.25) is 4.79 Å². The number of carbonyl (C=O) groups is 2. The maximum Gasteiger partial charge on any atom is 0.416 e. The van der Waals surface area contributed by atoms with Crippen LogP contribution < -0.4 is 10.5 Å². The van der Waals surface area contributed by atoms with Gasteiger partial charge in [0.2, 0.25) is 12.0 Å². The first-order valence-electron chi connectivity index (χ1n) is 9.27. The maximum absolute atomic E-state index is 14.6. The number of hydrogen-bond acceptors (Lipinski definition) is 6. The van der Waals surface area contributed by atoms with Crippen molar-refractivity contribution >= 4 is 11.9 Å². The third-order valence-electron chi connectivity index (χ3n) is 4.30. The van der Waals surface area contributed by atoms with Crippen molar-refractivity contribution in [2.75, 3.05) is 6.61 Å². The molecule has 2 N–H and O–H groups in total. The van der Waals surface area contributed by atoms with Crippen LogP contribution in [0.3, 0.4) is 0 Å². The number of amides is 1. The van der Waals surface area contributed by atoms with Gasteiger partial charge in [0.15, 0.2) is 11.6 Å². The van der Waals surface area contributed by atoms with Crippen molar-refractivity contribution in [3.63, 3.8) is 0 Å². The lowest BCUT2D eigenvalue weighted by Crippen LogP contribution is -2.23. The number of ether oxygens (including phenoxy) is 2. The minimum atomic E-state index is -4.54. The first-order chi connectivity index (χ1) is 15.5. The van der Waals surface area contributed by atoms with Gasteiger partial charge in [0.25, 0.3) is 5.91 Å². The zero-order chi connectivity index (χ0) is 24.3. The Morgan fingerprint density at radius 3 is 2.36 bits per heavy atom. The number of hydrogen-bond donors (Lipinski definition) is 1. The Hall–Kier alpha value is -3.96. The number of halogens is 5. The van der Waals surface area contributed by atoms with E-state index in [1.54, 1.807) is 0 Å². The molecule has 0 bridgehead atoms. The highest BCUT2D eigenvalue weighted by atomic mass is 19.4. The van der Waals surface area contributed by atoms with E-state index in [1.807, 2.05) is 0 Å². The number of aromatic nitrogens is 1. The highest BCUT2D eigenvalue weighted by Gasteiger charge is 2.32. The lowest BCUT2D eigenvalue weighted by molar-refractivity contribution is -0.152. The Morgan fingerprint density at radius 1 is 1.12 bits per heavy atom. The number of oxazole rings is 1. The Balaban J connectivity index is 1.95. The van der Waals surface area contributed by atoms with Crippen LogP contribution in [0.4, 0.5) is 22.0 Å². The van der Waals surface area contributed by atoms with Crippen molar-refractivity contribution in [2.45, 2.75) is 19.2 Å². The molecule has 7 nitrogen and oxygen atoms in total. The topological polar surface area (TPSA) is 105 Å². The molecule has 0 aliphatic carbocycles. The molecule has 2 aromatic carbocycles. The van der Waals surface area contributed by atoms with Crippen LogP contribution in [0.2, 0.25) is 0 Å². The summed E-state index contributed by atoms with van der Waals surface area (Å²) in [4.78, 5) is 27.7. The van der Waals surface area contributed by atoms with Crippen LogP contribution in [0, 0.1) is 11.6 Å². The van der Waals surface area contributed by atoms with E-state index in [0.717, 1.165) is 42.7 Å². The molecule has 0 saturated heterocycles. The third-order valence-corrected chi connectivity index (χ3v) is 4.30. The van der Waals surface area contributed by atoms with Crippen molar-refractivity contribution in [3.05, 3.63) is 71.1 Å². The lowest BCUT2D eigenvalue weighted by atomic mass is 10.1. The number of carbonyl (C=O) groups excluding carboxylic acids is 2. The predicted octanol–water partition coefficient (Wildman–Crippen LogP) is 4.42. The largest absolute Gasteiger partial charge is 0.469 e. The van der Waals surface area contributed by atoms with Crippen molar-refractivity contribution in [3.8, 4) is 17.2 Å². The minimum absolute atomic E-state index is 0.0826. The number of nitrogens with zero attached hydrogens (tertiary/aromatic N) is 1. The Bertz CT molecular complexity index is 1170. The van der Waals surface area contributed by atoms with E-state index in [1.165, 1.54) is 6.92 Å². The fourth-order valence-electron chi connectivity index (χ4n) is 2.77. The molecule has 33 heavy (non-hydrogen) atoms. The minimum Gasteiger partial charge on any atom is -0.469 e. The standard InChI is InChI=1S/C21H15F5N2O5/c1-2-31-20(30)17(33-14-8-7-12(22)15(16(14)23)18(27)29)13-9-32-19(28-13)10-3-5-11(6-4-10)21(24,25)26/h3-9,17H,2H2,1H3,(H2,27,29). The van der Waals surface area contributed by atoms with Gasteiger partial charge < -0.3 is 19.6 Å². The van der Waals surface area contributed by atoms with Crippen molar-refractivity contribution in [2.24, 2.45) is 5.73 Å². The summed E-state index contributed by atoms with van der Waals surface area (Å²) >= 11 is 0. The highest BCUT2D eigenvalue weighted by Crippen LogP contribution is 2.32. The molecule has 0 fully saturated rings. The Morgan fingerprint density at radius 2 is 1.79 bits per heavy atom. The average Bonchev–Trinajstić information content (AvgIpc) is 3.22. The SMILES string of the molecule is CCOC(=O)C(Oc1ccc(F)c(C(N)=O)c1F)c1coc(-c2ccc(C(F)(F)F)cc2)n1. The third kappa shape index (κ3) is 5.10. The summed E-state index contributed by atoms with van der Waals surface area (Å²) in [6.07, 6.45) is -5.28. The molecule has 0 aliphatic rings. The molecule has 1 amide bonds. The molecule has 0 spiro atoms. The summed E-state index contributed by atoms with van der Waals surface area (Å²) in [5, 5.41) is 0. The van der Waals surface area contributed by atoms with Gasteiger partial charge in [-0.2, -0.15) is 13.2 Å². The lowest BCUT2D eigenvalue weighted by Gasteiger charge is -2.16. The first-order valence-corrected chi connectivity index (χ1v) is 9.27. The number of nitrogens with two attached hydrogens (primary N) is 1. The summed E-state index contributed by atoms with van der Waals surface area (Å²) in [5.74, 6) is -5.94. The van der Waals surface area contributed by atoms with E-state index in [9.17, 15) is 31.5 Å². The van der Waals surface area contributed by atoms with Gasteiger partial charge in [-0.05, 0) is 43.3 Å². The number of rotatable bonds is 7. The molecular weight excluding hydrogens is 455 g/mol. The summed E-state index contributed by atoms with van der Waals surface area (Å²) in [6.45, 7) is 1.41. The van der Waals surface area contributed by atoms with Gasteiger partial charge in [0, 0.05) is 5.56 Å². The predicted molar refractivity (Wildman–Crippen MR) is 102 cm³/mol. The smallest absolute Gasteiger partial charge is 0.416 e. The van der Waals surface area contributed by atoms with Crippen molar-refractivity contribution < 1.29 is 45.4 Å². The number of alkyl halides is 3. The molecule has 3 rings (SSSR count). The van der Waals surface area contributed by atoms with E-state index >= 15 is 0 Å². The van der Waals surface area contributed by atoms with Gasteiger partial charge in [0.1, 0.15) is 23.3 Å². The Kier molecular flexibility index (Phi) is 6.65. The normalized spacial score (nSPS) is 12.3. The average molecular weight is 470 g/mol. The van der Waals surface area contributed by atoms with Gasteiger partial charge in [-0.15, -0.1) is 0 Å². The summed E-state index contributed by atoms with van der Waals surface area (Å²) in [6, 6.07) is 5.40. The molecule has 1 unspecified atom stereocenters. The number of esters is 1. The zero-order valence-corrected chi connectivity index (χ0v) is 16.8. The van der Waals surface area contributed by atoms with Crippen LogP contribution in [-0.4, -0.2) is 23.5 Å². The van der Waals surface area contributed by atoms with Gasteiger partial charge in [-0.1, -0.05) is 0 Å². The molecule has 0 aliphatic heterocycles. The molecule has 1 atom stereocenters. The van der Waals surface area contributed by atoms with E-state index in [2.05, 4.69) is 4.98 Å². The van der Waals surface area contributed by atoms with Crippen LogP contribution in [0.5, 0.6) is 5.75 Å². The summed E-state index contributed by atoms with van der Waals surface area (Å²) < 4.78 is 81.9. The molecular formula is C21H15F5N2O5. The van der Waals surface area contributed by atoms with Crippen LogP contribution in [0.1, 0.15) is 34.6 Å². The van der Waals surface area contributed by atoms with E-state index in [-0.39, 0.29) is 23.8 Å². The number of primary amides is 1. The molecule has 174 valence electrons. The molecule has 1 aromatic heterocycles. The van der Waals surface area contributed by atoms with Crippen LogP contribution in [0.25, 0.3) is 11.5 Å². The van der Waals surface area contributed by atoms with Gasteiger partial charge in [-0.25, -0.2) is 18.6 Å². The van der Waals surface area contributed by atoms with Crippen LogP contribution in [-0.2, 0) is 15.7 Å². The molecule has 1 heterocycles. The van der Waals surface area contributed by atoms with Crippen molar-refractivity contribution in [1.82, 2.24) is 4.98 Å². The summed E-state index contributed by atoms with van der Waals surface area (Å²) in [5.41, 5.74) is 2.96. The van der Waals surface area contributed by atoms with E-state index < -0.39 is 52.7 Å². The summed E-state index contributed by atoms with van der Waals surface area (Å²) in [7, 11) is 0. The molecule has 0 radical (unpaired) electrons. The van der Waals surface area contributed by atoms with E-state index in [4.69, 9.17) is 19.6 Å². The highest BCUT2D eigenvalue weighted by molar-refractivity contribution is 5.93. The maximum atomic E-state index is 14.6. The van der Waals surface area contributed by atoms with Gasteiger partial charge >= 0.3 is 12.1 Å². The van der Waals surface area contributed by atoms with E-state index in [0.29, 0.717) is 0 Å². The zero-order valence-electron chi connectivity index (χ0n) is 16.8. The molecule has 12 heteroatoms. The second-order valence-corrected chi connectivity index (χ2v) is 6.50. The Labute approximate surface area is 182 Å². The monoisotopic (exact) mass is 470 g/mol. The fraction of sp³-hybridized carbons (Fsp3) is 0.190. The van der Waals surface area contributed by atoms with Crippen LogP contribution in [0.15, 0.2) is 47.1 Å².